The van der Waals surface area contributed by atoms with Crippen LogP contribution in [0.1, 0.15) is 31.4 Å². The van der Waals surface area contributed by atoms with Crippen LogP contribution in [0.25, 0.3) is 0 Å². The Labute approximate surface area is 154 Å². The third-order valence-electron chi connectivity index (χ3n) is 5.50. The summed E-state index contributed by atoms with van der Waals surface area (Å²) in [4.78, 5) is 32.8. The Bertz CT molecular complexity index is 601. The first-order chi connectivity index (χ1) is 12.7. The zero-order valence-electron chi connectivity index (χ0n) is 15.3. The third-order valence-corrected chi connectivity index (χ3v) is 5.50. The molecule has 2 aliphatic rings. The number of nitrogens with zero attached hydrogens (tertiary/aromatic N) is 3. The summed E-state index contributed by atoms with van der Waals surface area (Å²) >= 11 is 0. The highest BCUT2D eigenvalue weighted by atomic mass is 16.2. The van der Waals surface area contributed by atoms with E-state index in [0.717, 1.165) is 57.6 Å². The predicted octanol–water partition coefficient (Wildman–Crippen LogP) is 0.360. The van der Waals surface area contributed by atoms with E-state index >= 15 is 0 Å². The number of hydrogen-bond acceptors (Lipinski definition) is 5. The SMILES string of the molecule is NCC(=O)N1CCC(N2CCC[C@H](C(=O)NCc3ccccn3)C2)CC1. The van der Waals surface area contributed by atoms with Crippen LogP contribution in [0, 0.1) is 5.92 Å². The number of carbonyl (C=O) groups excluding carboxylic acids is 2. The van der Waals surface area contributed by atoms with Gasteiger partial charge in [-0.1, -0.05) is 6.07 Å². The van der Waals surface area contributed by atoms with Crippen LogP contribution in [0.2, 0.25) is 0 Å². The molecule has 1 aromatic rings. The second-order valence-electron chi connectivity index (χ2n) is 7.19. The Morgan fingerprint density at radius 1 is 1.19 bits per heavy atom. The summed E-state index contributed by atoms with van der Waals surface area (Å²) < 4.78 is 0. The van der Waals surface area contributed by atoms with E-state index < -0.39 is 0 Å². The molecule has 0 aliphatic carbocycles. The lowest BCUT2D eigenvalue weighted by Crippen LogP contribution is -2.52. The lowest BCUT2D eigenvalue weighted by molar-refractivity contribution is -0.131. The molecule has 0 unspecified atom stereocenters. The van der Waals surface area contributed by atoms with E-state index in [1.807, 2.05) is 23.1 Å². The van der Waals surface area contributed by atoms with Gasteiger partial charge in [-0.05, 0) is 44.4 Å². The molecule has 3 heterocycles. The minimum absolute atomic E-state index is 0.0360. The van der Waals surface area contributed by atoms with Gasteiger partial charge in [0.1, 0.15) is 0 Å². The predicted molar refractivity (Wildman–Crippen MR) is 99.0 cm³/mol. The van der Waals surface area contributed by atoms with E-state index in [4.69, 9.17) is 5.73 Å². The molecule has 142 valence electrons. The van der Waals surface area contributed by atoms with Crippen molar-refractivity contribution in [3.8, 4) is 0 Å². The molecule has 0 spiro atoms. The number of amides is 2. The molecule has 3 N–H and O–H groups in total. The molecule has 0 saturated carbocycles. The van der Waals surface area contributed by atoms with Crippen molar-refractivity contribution in [2.45, 2.75) is 38.3 Å². The highest BCUT2D eigenvalue weighted by molar-refractivity contribution is 5.79. The van der Waals surface area contributed by atoms with Crippen molar-refractivity contribution < 1.29 is 9.59 Å². The fourth-order valence-electron chi connectivity index (χ4n) is 3.99. The average molecular weight is 359 g/mol. The van der Waals surface area contributed by atoms with Gasteiger partial charge in [-0.2, -0.15) is 0 Å². The first kappa shape index (κ1) is 18.8. The van der Waals surface area contributed by atoms with Crippen molar-refractivity contribution in [2.24, 2.45) is 11.7 Å². The molecule has 0 radical (unpaired) electrons. The second-order valence-corrected chi connectivity index (χ2v) is 7.19. The van der Waals surface area contributed by atoms with Crippen LogP contribution in [0.3, 0.4) is 0 Å². The fraction of sp³-hybridized carbons (Fsp3) is 0.632. The van der Waals surface area contributed by atoms with Crippen LogP contribution < -0.4 is 11.1 Å². The van der Waals surface area contributed by atoms with Crippen LogP contribution in [-0.2, 0) is 16.1 Å². The van der Waals surface area contributed by atoms with E-state index in [1.54, 1.807) is 6.20 Å². The largest absolute Gasteiger partial charge is 0.350 e. The third kappa shape index (κ3) is 4.80. The van der Waals surface area contributed by atoms with Gasteiger partial charge in [0, 0.05) is 31.9 Å². The van der Waals surface area contributed by atoms with Gasteiger partial charge in [-0.3, -0.25) is 19.5 Å². The second kappa shape index (κ2) is 9.09. The quantitative estimate of drug-likeness (QED) is 0.792. The molecular formula is C19H29N5O2. The van der Waals surface area contributed by atoms with Crippen LogP contribution in [0.4, 0.5) is 0 Å². The maximum atomic E-state index is 12.5. The molecule has 2 amide bonds. The van der Waals surface area contributed by atoms with Crippen molar-refractivity contribution in [1.29, 1.82) is 0 Å². The van der Waals surface area contributed by atoms with E-state index in [2.05, 4.69) is 15.2 Å². The van der Waals surface area contributed by atoms with Crippen molar-refractivity contribution >= 4 is 11.8 Å². The number of hydrogen-bond donors (Lipinski definition) is 2. The van der Waals surface area contributed by atoms with Gasteiger partial charge in [-0.15, -0.1) is 0 Å². The number of likely N-dealkylation sites (tertiary alicyclic amines) is 2. The Balaban J connectivity index is 1.46. The number of carbonyl (C=O) groups is 2. The summed E-state index contributed by atoms with van der Waals surface area (Å²) in [7, 11) is 0. The van der Waals surface area contributed by atoms with Gasteiger partial charge < -0.3 is 16.0 Å². The van der Waals surface area contributed by atoms with Gasteiger partial charge in [0.2, 0.25) is 11.8 Å². The van der Waals surface area contributed by atoms with Crippen molar-refractivity contribution in [3.05, 3.63) is 30.1 Å². The van der Waals surface area contributed by atoms with E-state index in [1.165, 1.54) is 0 Å². The van der Waals surface area contributed by atoms with Crippen LogP contribution in [0.15, 0.2) is 24.4 Å². The van der Waals surface area contributed by atoms with Crippen LogP contribution >= 0.6 is 0 Å². The smallest absolute Gasteiger partial charge is 0.236 e. The zero-order chi connectivity index (χ0) is 18.4. The van der Waals surface area contributed by atoms with Gasteiger partial charge in [-0.25, -0.2) is 0 Å². The number of nitrogens with one attached hydrogen (secondary N) is 1. The molecule has 7 heteroatoms. The monoisotopic (exact) mass is 359 g/mol. The van der Waals surface area contributed by atoms with E-state index in [0.29, 0.717) is 12.6 Å². The van der Waals surface area contributed by atoms with E-state index in [-0.39, 0.29) is 24.3 Å². The molecule has 0 bridgehead atoms. The number of aromatic nitrogens is 1. The number of pyridine rings is 1. The van der Waals surface area contributed by atoms with Gasteiger partial charge in [0.15, 0.2) is 0 Å². The average Bonchev–Trinajstić information content (AvgIpc) is 2.72. The summed E-state index contributed by atoms with van der Waals surface area (Å²) in [5, 5.41) is 3.03. The minimum atomic E-state index is 0.0360. The molecule has 26 heavy (non-hydrogen) atoms. The standard InChI is InChI=1S/C19H29N5O2/c20-12-18(25)23-10-6-17(7-11-23)24-9-3-4-15(14-24)19(26)22-13-16-5-1-2-8-21-16/h1-2,5,8,15,17H,3-4,6-7,9-14,20H2,(H,22,26)/t15-/m0/s1. The molecule has 2 saturated heterocycles. The number of nitrogens with two attached hydrogens (primary N) is 1. The molecular weight excluding hydrogens is 330 g/mol. The molecule has 1 aromatic heterocycles. The molecule has 7 nitrogen and oxygen atoms in total. The summed E-state index contributed by atoms with van der Waals surface area (Å²) in [6.45, 7) is 3.97. The Morgan fingerprint density at radius 2 is 2.00 bits per heavy atom. The fourth-order valence-corrected chi connectivity index (χ4v) is 3.99. The number of rotatable bonds is 5. The first-order valence-corrected chi connectivity index (χ1v) is 9.57. The topological polar surface area (TPSA) is 91.6 Å². The first-order valence-electron chi connectivity index (χ1n) is 9.57. The van der Waals surface area contributed by atoms with Crippen LogP contribution in [-0.4, -0.2) is 65.4 Å². The van der Waals surface area contributed by atoms with Gasteiger partial charge in [0.05, 0.1) is 24.7 Å². The highest BCUT2D eigenvalue weighted by Crippen LogP contribution is 2.24. The maximum Gasteiger partial charge on any atom is 0.236 e. The summed E-state index contributed by atoms with van der Waals surface area (Å²) in [6, 6.07) is 6.18. The molecule has 3 rings (SSSR count). The minimum Gasteiger partial charge on any atom is -0.350 e. The maximum absolute atomic E-state index is 12.5. The normalized spacial score (nSPS) is 22.2. The summed E-state index contributed by atoms with van der Waals surface area (Å²) in [6.07, 6.45) is 5.66. The van der Waals surface area contributed by atoms with Crippen molar-refractivity contribution in [2.75, 3.05) is 32.7 Å². The summed E-state index contributed by atoms with van der Waals surface area (Å²) in [5.41, 5.74) is 6.33. The van der Waals surface area contributed by atoms with Gasteiger partial charge >= 0.3 is 0 Å². The lowest BCUT2D eigenvalue weighted by atomic mass is 9.93. The summed E-state index contributed by atoms with van der Waals surface area (Å²) in [5.74, 6) is 0.195. The van der Waals surface area contributed by atoms with Crippen LogP contribution in [0.5, 0.6) is 0 Å². The lowest BCUT2D eigenvalue weighted by Gasteiger charge is -2.42. The van der Waals surface area contributed by atoms with E-state index in [9.17, 15) is 9.59 Å². The zero-order valence-corrected chi connectivity index (χ0v) is 15.3. The molecule has 2 fully saturated rings. The van der Waals surface area contributed by atoms with Gasteiger partial charge in [0.25, 0.3) is 0 Å². The van der Waals surface area contributed by atoms with Crippen molar-refractivity contribution in [3.63, 3.8) is 0 Å². The Morgan fingerprint density at radius 3 is 2.69 bits per heavy atom. The molecule has 2 aliphatic heterocycles. The number of piperidine rings is 2. The highest BCUT2D eigenvalue weighted by Gasteiger charge is 2.32. The molecule has 1 atom stereocenters. The Hall–Kier alpha value is -1.99. The molecule has 0 aromatic carbocycles. The van der Waals surface area contributed by atoms with Crippen molar-refractivity contribution in [1.82, 2.24) is 20.1 Å². The Kier molecular flexibility index (Phi) is 6.57.